The molecule has 21 heavy (non-hydrogen) atoms. The monoisotopic (exact) mass is 289 g/mol. The fourth-order valence-corrected chi connectivity index (χ4v) is 2.07. The first-order valence-corrected chi connectivity index (χ1v) is 6.93. The number of hydrogen-bond acceptors (Lipinski definition) is 3. The molecule has 0 atom stereocenters. The number of hydrogen-bond donors (Lipinski definition) is 1. The van der Waals surface area contributed by atoms with E-state index < -0.39 is 0 Å². The average molecular weight is 289 g/mol. The van der Waals surface area contributed by atoms with Crippen LogP contribution in [-0.4, -0.2) is 13.7 Å². The highest BCUT2D eigenvalue weighted by Gasteiger charge is 2.06. The van der Waals surface area contributed by atoms with Gasteiger partial charge in [0.1, 0.15) is 5.82 Å². The Hall–Kier alpha value is -2.23. The highest BCUT2D eigenvalue weighted by atomic mass is 19.1. The Labute approximate surface area is 124 Å². The molecule has 0 heterocycles. The number of ether oxygens (including phenoxy) is 2. The minimum atomic E-state index is -0.251. The Morgan fingerprint density at radius 1 is 1.10 bits per heavy atom. The van der Waals surface area contributed by atoms with E-state index in [2.05, 4.69) is 5.32 Å². The van der Waals surface area contributed by atoms with Crippen LogP contribution < -0.4 is 14.8 Å². The van der Waals surface area contributed by atoms with Gasteiger partial charge >= 0.3 is 0 Å². The first kappa shape index (κ1) is 15.2. The third-order valence-corrected chi connectivity index (χ3v) is 3.13. The van der Waals surface area contributed by atoms with Gasteiger partial charge in [0.15, 0.2) is 11.5 Å². The van der Waals surface area contributed by atoms with Gasteiger partial charge in [-0.25, -0.2) is 4.39 Å². The maximum Gasteiger partial charge on any atom is 0.161 e. The third kappa shape index (κ3) is 3.88. The number of benzene rings is 2. The summed E-state index contributed by atoms with van der Waals surface area (Å²) in [4.78, 5) is 0. The van der Waals surface area contributed by atoms with Crippen LogP contribution in [0, 0.1) is 12.7 Å². The van der Waals surface area contributed by atoms with E-state index >= 15 is 0 Å². The first-order valence-electron chi connectivity index (χ1n) is 6.93. The second-order valence-corrected chi connectivity index (χ2v) is 4.76. The molecule has 0 fully saturated rings. The van der Waals surface area contributed by atoms with Crippen molar-refractivity contribution in [1.82, 2.24) is 0 Å². The molecule has 4 heteroatoms. The quantitative estimate of drug-likeness (QED) is 0.866. The van der Waals surface area contributed by atoms with Crippen molar-refractivity contribution in [3.8, 4) is 11.5 Å². The van der Waals surface area contributed by atoms with E-state index in [0.717, 1.165) is 11.1 Å². The van der Waals surface area contributed by atoms with E-state index in [1.54, 1.807) is 19.2 Å². The molecule has 0 unspecified atom stereocenters. The molecule has 0 amide bonds. The van der Waals surface area contributed by atoms with E-state index in [9.17, 15) is 4.39 Å². The molecule has 0 aromatic heterocycles. The Kier molecular flexibility index (Phi) is 5.04. The van der Waals surface area contributed by atoms with Gasteiger partial charge in [-0.3, -0.25) is 0 Å². The summed E-state index contributed by atoms with van der Waals surface area (Å²) < 4.78 is 24.5. The molecular formula is C17H20FNO2. The van der Waals surface area contributed by atoms with Crippen molar-refractivity contribution in [2.24, 2.45) is 0 Å². The third-order valence-electron chi connectivity index (χ3n) is 3.13. The van der Waals surface area contributed by atoms with Crippen LogP contribution in [0.25, 0.3) is 0 Å². The molecule has 0 aliphatic rings. The average Bonchev–Trinajstić information content (AvgIpc) is 2.49. The summed E-state index contributed by atoms with van der Waals surface area (Å²) in [6.07, 6.45) is 0. The minimum Gasteiger partial charge on any atom is -0.493 e. The van der Waals surface area contributed by atoms with Crippen molar-refractivity contribution in [3.63, 3.8) is 0 Å². The molecule has 0 radical (unpaired) electrons. The Morgan fingerprint density at radius 2 is 1.90 bits per heavy atom. The van der Waals surface area contributed by atoms with Gasteiger partial charge in [-0.2, -0.15) is 0 Å². The zero-order valence-corrected chi connectivity index (χ0v) is 12.6. The normalized spacial score (nSPS) is 10.3. The number of halogens is 1. The van der Waals surface area contributed by atoms with Crippen molar-refractivity contribution >= 4 is 5.69 Å². The van der Waals surface area contributed by atoms with Crippen molar-refractivity contribution in [2.45, 2.75) is 20.4 Å². The zero-order chi connectivity index (χ0) is 15.2. The van der Waals surface area contributed by atoms with Crippen molar-refractivity contribution in [2.75, 3.05) is 19.0 Å². The lowest BCUT2D eigenvalue weighted by Crippen LogP contribution is -2.03. The molecule has 2 aromatic carbocycles. The maximum atomic E-state index is 13.7. The highest BCUT2D eigenvalue weighted by molar-refractivity contribution is 5.49. The summed E-state index contributed by atoms with van der Waals surface area (Å²) in [5, 5.41) is 3.11. The van der Waals surface area contributed by atoms with Gasteiger partial charge in [0.05, 0.1) is 19.4 Å². The fraction of sp³-hybridized carbons (Fsp3) is 0.294. The summed E-state index contributed by atoms with van der Waals surface area (Å²) in [6.45, 7) is 4.95. The van der Waals surface area contributed by atoms with Crippen LogP contribution in [0.15, 0.2) is 36.4 Å². The van der Waals surface area contributed by atoms with Gasteiger partial charge in [-0.05, 0) is 49.2 Å². The first-order chi connectivity index (χ1) is 10.1. The van der Waals surface area contributed by atoms with Gasteiger partial charge in [-0.1, -0.05) is 12.1 Å². The molecule has 2 aromatic rings. The van der Waals surface area contributed by atoms with E-state index in [1.165, 1.54) is 6.07 Å². The van der Waals surface area contributed by atoms with Crippen LogP contribution in [0.2, 0.25) is 0 Å². The summed E-state index contributed by atoms with van der Waals surface area (Å²) in [7, 11) is 1.61. The molecule has 3 nitrogen and oxygen atoms in total. The molecule has 0 saturated heterocycles. The van der Waals surface area contributed by atoms with Crippen molar-refractivity contribution < 1.29 is 13.9 Å². The topological polar surface area (TPSA) is 30.5 Å². The van der Waals surface area contributed by atoms with Crippen LogP contribution in [0.4, 0.5) is 10.1 Å². The van der Waals surface area contributed by atoms with Crippen molar-refractivity contribution in [3.05, 3.63) is 53.3 Å². The lowest BCUT2D eigenvalue weighted by Gasteiger charge is -2.12. The molecule has 0 spiro atoms. The highest BCUT2D eigenvalue weighted by Crippen LogP contribution is 2.28. The van der Waals surface area contributed by atoms with Gasteiger partial charge in [-0.15, -0.1) is 0 Å². The standard InChI is InChI=1S/C17H20FNO2/c1-4-21-17-10-13(6-8-16(17)20-3)11-19-15-9-12(2)5-7-14(15)18/h5-10,19H,4,11H2,1-3H3. The summed E-state index contributed by atoms with van der Waals surface area (Å²) in [5.41, 5.74) is 2.52. The molecule has 1 N–H and O–H groups in total. The van der Waals surface area contributed by atoms with Gasteiger partial charge < -0.3 is 14.8 Å². The van der Waals surface area contributed by atoms with Crippen LogP contribution in [0.1, 0.15) is 18.1 Å². The molecule has 112 valence electrons. The smallest absolute Gasteiger partial charge is 0.161 e. The summed E-state index contributed by atoms with van der Waals surface area (Å²) in [5.74, 6) is 1.14. The van der Waals surface area contributed by atoms with Gasteiger partial charge in [0.25, 0.3) is 0 Å². The molecule has 0 aliphatic heterocycles. The Bertz CT molecular complexity index is 614. The number of aryl methyl sites for hydroxylation is 1. The summed E-state index contributed by atoms with van der Waals surface area (Å²) in [6, 6.07) is 10.7. The predicted octanol–water partition coefficient (Wildman–Crippen LogP) is 4.15. The van der Waals surface area contributed by atoms with Crippen molar-refractivity contribution in [1.29, 1.82) is 0 Å². The molecule has 0 aliphatic carbocycles. The predicted molar refractivity (Wildman–Crippen MR) is 82.6 cm³/mol. The number of methoxy groups -OCH3 is 1. The van der Waals surface area contributed by atoms with E-state index in [-0.39, 0.29) is 5.82 Å². The van der Waals surface area contributed by atoms with Crippen LogP contribution >= 0.6 is 0 Å². The largest absolute Gasteiger partial charge is 0.493 e. The Balaban J connectivity index is 2.12. The van der Waals surface area contributed by atoms with E-state index in [1.807, 2.05) is 32.0 Å². The number of rotatable bonds is 6. The van der Waals surface area contributed by atoms with E-state index in [4.69, 9.17) is 9.47 Å². The zero-order valence-electron chi connectivity index (χ0n) is 12.6. The molecular weight excluding hydrogens is 269 g/mol. The number of anilines is 1. The second kappa shape index (κ2) is 6.97. The SMILES string of the molecule is CCOc1cc(CNc2cc(C)ccc2F)ccc1OC. The number of nitrogens with one attached hydrogen (secondary N) is 1. The maximum absolute atomic E-state index is 13.7. The Morgan fingerprint density at radius 3 is 2.62 bits per heavy atom. The minimum absolute atomic E-state index is 0.251. The lowest BCUT2D eigenvalue weighted by molar-refractivity contribution is 0.310. The van der Waals surface area contributed by atoms with Crippen LogP contribution in [0.3, 0.4) is 0 Å². The van der Waals surface area contributed by atoms with Crippen LogP contribution in [0.5, 0.6) is 11.5 Å². The molecule has 2 rings (SSSR count). The van der Waals surface area contributed by atoms with Crippen LogP contribution in [-0.2, 0) is 6.54 Å². The van der Waals surface area contributed by atoms with E-state index in [0.29, 0.717) is 30.3 Å². The van der Waals surface area contributed by atoms with Gasteiger partial charge in [0, 0.05) is 6.54 Å². The molecule has 0 saturated carbocycles. The summed E-state index contributed by atoms with van der Waals surface area (Å²) >= 11 is 0. The second-order valence-electron chi connectivity index (χ2n) is 4.76. The van der Waals surface area contributed by atoms with Gasteiger partial charge in [0.2, 0.25) is 0 Å². The lowest BCUT2D eigenvalue weighted by atomic mass is 10.1. The molecule has 0 bridgehead atoms. The fourth-order valence-electron chi connectivity index (χ4n) is 2.07.